The zero-order valence-corrected chi connectivity index (χ0v) is 8.64. The lowest BCUT2D eigenvalue weighted by molar-refractivity contribution is 0.0951. The molecular formula is C10H11ClN2O. The largest absolute Gasteiger partial charge is 0.349 e. The first-order valence-electron chi connectivity index (χ1n) is 4.60. The molecule has 1 N–H and O–H groups in total. The molecule has 0 radical (unpaired) electrons. The van der Waals surface area contributed by atoms with E-state index in [0.29, 0.717) is 16.6 Å². The summed E-state index contributed by atoms with van der Waals surface area (Å²) in [4.78, 5) is 15.6. The molecular weight excluding hydrogens is 200 g/mol. The molecule has 0 unspecified atom stereocenters. The first-order chi connectivity index (χ1) is 6.66. The number of nitrogens with zero attached hydrogens (tertiary/aromatic N) is 1. The van der Waals surface area contributed by atoms with E-state index in [1.165, 1.54) is 6.20 Å². The molecule has 1 fully saturated rings. The Kier molecular flexibility index (Phi) is 2.42. The number of rotatable bonds is 2. The lowest BCUT2D eigenvalue weighted by atomic mass is 10.2. The van der Waals surface area contributed by atoms with Crippen LogP contribution in [0.2, 0.25) is 5.02 Å². The SMILES string of the molecule is Cc1cc(Cl)c(C(=O)NC2CC2)cn1. The number of halogens is 1. The number of pyridine rings is 1. The number of aryl methyl sites for hydroxylation is 1. The predicted octanol–water partition coefficient (Wildman–Crippen LogP) is 1.94. The fourth-order valence-electron chi connectivity index (χ4n) is 1.18. The van der Waals surface area contributed by atoms with Crippen molar-refractivity contribution in [2.45, 2.75) is 25.8 Å². The summed E-state index contributed by atoms with van der Waals surface area (Å²) in [5, 5.41) is 3.34. The Labute approximate surface area is 87.5 Å². The molecule has 1 heterocycles. The van der Waals surface area contributed by atoms with Crippen molar-refractivity contribution in [3.63, 3.8) is 0 Å². The maximum Gasteiger partial charge on any atom is 0.254 e. The molecule has 1 aromatic heterocycles. The summed E-state index contributed by atoms with van der Waals surface area (Å²) in [6.45, 7) is 1.84. The van der Waals surface area contributed by atoms with E-state index in [-0.39, 0.29) is 5.91 Å². The van der Waals surface area contributed by atoms with Crippen LogP contribution in [0, 0.1) is 6.92 Å². The first kappa shape index (κ1) is 9.46. The van der Waals surface area contributed by atoms with Crippen molar-refractivity contribution >= 4 is 17.5 Å². The monoisotopic (exact) mass is 210 g/mol. The molecule has 1 saturated carbocycles. The minimum Gasteiger partial charge on any atom is -0.349 e. The maximum absolute atomic E-state index is 11.6. The quantitative estimate of drug-likeness (QED) is 0.811. The van der Waals surface area contributed by atoms with Gasteiger partial charge in [0, 0.05) is 17.9 Å². The smallest absolute Gasteiger partial charge is 0.254 e. The molecule has 0 bridgehead atoms. The summed E-state index contributed by atoms with van der Waals surface area (Å²) < 4.78 is 0. The van der Waals surface area contributed by atoms with Crippen LogP contribution in [0.25, 0.3) is 0 Å². The minimum atomic E-state index is -0.120. The van der Waals surface area contributed by atoms with Crippen LogP contribution in [0.4, 0.5) is 0 Å². The lowest BCUT2D eigenvalue weighted by Crippen LogP contribution is -2.25. The number of amides is 1. The van der Waals surface area contributed by atoms with Crippen molar-refractivity contribution in [1.82, 2.24) is 10.3 Å². The second-order valence-corrected chi connectivity index (χ2v) is 3.96. The van der Waals surface area contributed by atoms with Gasteiger partial charge in [0.15, 0.2) is 0 Å². The zero-order valence-electron chi connectivity index (χ0n) is 7.88. The summed E-state index contributed by atoms with van der Waals surface area (Å²) in [7, 11) is 0. The van der Waals surface area contributed by atoms with Crippen LogP contribution < -0.4 is 5.32 Å². The van der Waals surface area contributed by atoms with Gasteiger partial charge in [0.25, 0.3) is 5.91 Å². The molecule has 1 amide bonds. The van der Waals surface area contributed by atoms with Crippen LogP contribution in [0.3, 0.4) is 0 Å². The summed E-state index contributed by atoms with van der Waals surface area (Å²) in [6.07, 6.45) is 3.67. The van der Waals surface area contributed by atoms with E-state index >= 15 is 0 Å². The van der Waals surface area contributed by atoms with Gasteiger partial charge < -0.3 is 5.32 Å². The van der Waals surface area contributed by atoms with Crippen LogP contribution in [0.5, 0.6) is 0 Å². The highest BCUT2D eigenvalue weighted by atomic mass is 35.5. The van der Waals surface area contributed by atoms with Gasteiger partial charge in [-0.25, -0.2) is 0 Å². The minimum absolute atomic E-state index is 0.120. The molecule has 0 aromatic carbocycles. The van der Waals surface area contributed by atoms with Crippen LogP contribution in [0.1, 0.15) is 28.9 Å². The molecule has 0 spiro atoms. The molecule has 1 aliphatic carbocycles. The van der Waals surface area contributed by atoms with E-state index in [1.54, 1.807) is 6.07 Å². The molecule has 1 aliphatic rings. The van der Waals surface area contributed by atoms with Crippen LogP contribution >= 0.6 is 11.6 Å². The van der Waals surface area contributed by atoms with Gasteiger partial charge in [0.05, 0.1) is 10.6 Å². The average molecular weight is 211 g/mol. The van der Waals surface area contributed by atoms with Crippen molar-refractivity contribution in [2.24, 2.45) is 0 Å². The van der Waals surface area contributed by atoms with Gasteiger partial charge in [0.2, 0.25) is 0 Å². The van der Waals surface area contributed by atoms with Gasteiger partial charge in [-0.2, -0.15) is 0 Å². The van der Waals surface area contributed by atoms with Crippen molar-refractivity contribution in [3.05, 3.63) is 28.5 Å². The molecule has 3 nitrogen and oxygen atoms in total. The fraction of sp³-hybridized carbons (Fsp3) is 0.400. The molecule has 0 atom stereocenters. The van der Waals surface area contributed by atoms with Gasteiger partial charge in [0.1, 0.15) is 0 Å². The number of hydrogen-bond acceptors (Lipinski definition) is 2. The predicted molar refractivity (Wildman–Crippen MR) is 54.5 cm³/mol. The van der Waals surface area contributed by atoms with Crippen molar-refractivity contribution in [1.29, 1.82) is 0 Å². The van der Waals surface area contributed by atoms with E-state index in [2.05, 4.69) is 10.3 Å². The first-order valence-corrected chi connectivity index (χ1v) is 4.97. The summed E-state index contributed by atoms with van der Waals surface area (Å²) >= 11 is 5.93. The Bertz CT molecular complexity index is 374. The molecule has 0 saturated heterocycles. The number of carbonyl (C=O) groups excluding carboxylic acids is 1. The molecule has 14 heavy (non-hydrogen) atoms. The summed E-state index contributed by atoms with van der Waals surface area (Å²) in [5.41, 5.74) is 1.28. The molecule has 0 aliphatic heterocycles. The van der Waals surface area contributed by atoms with E-state index in [0.717, 1.165) is 18.5 Å². The standard InChI is InChI=1S/C10H11ClN2O/c1-6-4-9(11)8(5-12-6)10(14)13-7-2-3-7/h4-5,7H,2-3H2,1H3,(H,13,14). The highest BCUT2D eigenvalue weighted by molar-refractivity contribution is 6.33. The summed E-state index contributed by atoms with van der Waals surface area (Å²) in [6, 6.07) is 2.04. The zero-order chi connectivity index (χ0) is 10.1. The van der Waals surface area contributed by atoms with Crippen molar-refractivity contribution in [3.8, 4) is 0 Å². The van der Waals surface area contributed by atoms with Gasteiger partial charge in [-0.1, -0.05) is 11.6 Å². The number of carbonyl (C=O) groups is 1. The average Bonchev–Trinajstić information content (AvgIpc) is 2.87. The van der Waals surface area contributed by atoms with E-state index in [1.807, 2.05) is 6.92 Å². The van der Waals surface area contributed by atoms with Crippen LogP contribution in [-0.2, 0) is 0 Å². The topological polar surface area (TPSA) is 42.0 Å². The molecule has 2 rings (SSSR count). The van der Waals surface area contributed by atoms with E-state index in [4.69, 9.17) is 11.6 Å². The lowest BCUT2D eigenvalue weighted by Gasteiger charge is -2.04. The highest BCUT2D eigenvalue weighted by Crippen LogP contribution is 2.21. The number of nitrogens with one attached hydrogen (secondary N) is 1. The van der Waals surface area contributed by atoms with Gasteiger partial charge in [-0.3, -0.25) is 9.78 Å². The van der Waals surface area contributed by atoms with Crippen molar-refractivity contribution in [2.75, 3.05) is 0 Å². The number of hydrogen-bond donors (Lipinski definition) is 1. The fourth-order valence-corrected chi connectivity index (χ4v) is 1.48. The van der Waals surface area contributed by atoms with Gasteiger partial charge in [-0.05, 0) is 25.8 Å². The van der Waals surface area contributed by atoms with Gasteiger partial charge in [-0.15, -0.1) is 0 Å². The second kappa shape index (κ2) is 3.58. The van der Waals surface area contributed by atoms with E-state index < -0.39 is 0 Å². The van der Waals surface area contributed by atoms with Crippen LogP contribution in [0.15, 0.2) is 12.3 Å². The number of aromatic nitrogens is 1. The Balaban J connectivity index is 2.17. The summed E-state index contributed by atoms with van der Waals surface area (Å²) in [5.74, 6) is -0.120. The third-order valence-electron chi connectivity index (χ3n) is 2.15. The highest BCUT2D eigenvalue weighted by Gasteiger charge is 2.24. The van der Waals surface area contributed by atoms with E-state index in [9.17, 15) is 4.79 Å². The van der Waals surface area contributed by atoms with Gasteiger partial charge >= 0.3 is 0 Å². The normalized spacial score (nSPS) is 15.3. The Morgan fingerprint density at radius 1 is 1.64 bits per heavy atom. The maximum atomic E-state index is 11.6. The Morgan fingerprint density at radius 3 is 2.93 bits per heavy atom. The van der Waals surface area contributed by atoms with Crippen LogP contribution in [-0.4, -0.2) is 16.9 Å². The van der Waals surface area contributed by atoms with Crippen molar-refractivity contribution < 1.29 is 4.79 Å². The third kappa shape index (κ3) is 2.04. The Hall–Kier alpha value is -1.09. The molecule has 1 aromatic rings. The molecule has 4 heteroatoms. The second-order valence-electron chi connectivity index (χ2n) is 3.55. The Morgan fingerprint density at radius 2 is 2.36 bits per heavy atom. The third-order valence-corrected chi connectivity index (χ3v) is 2.46. The molecule has 74 valence electrons.